The molecule has 1 aromatic carbocycles. The SMILES string of the molecule is CCNC(=NCCCCn1cnnc1)NC1CCN(c2c(F)cccc2F)C1. The molecule has 0 amide bonds. The van der Waals surface area contributed by atoms with Gasteiger partial charge in [-0.25, -0.2) is 8.78 Å². The Morgan fingerprint density at radius 3 is 2.68 bits per heavy atom. The van der Waals surface area contributed by atoms with Gasteiger partial charge in [-0.3, -0.25) is 4.99 Å². The van der Waals surface area contributed by atoms with Gasteiger partial charge in [0.1, 0.15) is 30.0 Å². The van der Waals surface area contributed by atoms with E-state index in [1.165, 1.54) is 18.2 Å². The highest BCUT2D eigenvalue weighted by Crippen LogP contribution is 2.26. The van der Waals surface area contributed by atoms with Crippen LogP contribution >= 0.6 is 0 Å². The molecule has 28 heavy (non-hydrogen) atoms. The zero-order chi connectivity index (χ0) is 19.8. The monoisotopic (exact) mass is 391 g/mol. The van der Waals surface area contributed by atoms with Gasteiger partial charge in [0.25, 0.3) is 0 Å². The fourth-order valence-electron chi connectivity index (χ4n) is 3.32. The number of anilines is 1. The molecule has 1 unspecified atom stereocenters. The van der Waals surface area contributed by atoms with Gasteiger partial charge in [0, 0.05) is 38.8 Å². The maximum atomic E-state index is 14.0. The predicted molar refractivity (Wildman–Crippen MR) is 105 cm³/mol. The number of benzene rings is 1. The van der Waals surface area contributed by atoms with Gasteiger partial charge in [-0.05, 0) is 38.3 Å². The minimum atomic E-state index is -0.519. The van der Waals surface area contributed by atoms with Crippen LogP contribution in [-0.2, 0) is 6.54 Å². The fraction of sp³-hybridized carbons (Fsp3) is 0.526. The number of rotatable bonds is 8. The molecule has 1 aliphatic rings. The molecule has 152 valence electrons. The minimum absolute atomic E-state index is 0.0581. The second-order valence-electron chi connectivity index (χ2n) is 6.81. The highest BCUT2D eigenvalue weighted by molar-refractivity contribution is 5.80. The third-order valence-corrected chi connectivity index (χ3v) is 4.69. The van der Waals surface area contributed by atoms with E-state index in [1.807, 2.05) is 11.5 Å². The third kappa shape index (κ3) is 5.40. The molecule has 2 N–H and O–H groups in total. The molecule has 2 heterocycles. The van der Waals surface area contributed by atoms with E-state index in [9.17, 15) is 8.78 Å². The maximum Gasteiger partial charge on any atom is 0.191 e. The quantitative estimate of drug-likeness (QED) is 0.410. The molecule has 0 aliphatic carbocycles. The molecule has 1 aromatic heterocycles. The largest absolute Gasteiger partial charge is 0.365 e. The highest BCUT2D eigenvalue weighted by atomic mass is 19.1. The summed E-state index contributed by atoms with van der Waals surface area (Å²) < 4.78 is 30.0. The van der Waals surface area contributed by atoms with E-state index in [0.29, 0.717) is 19.6 Å². The molecule has 1 atom stereocenters. The Bertz CT molecular complexity index is 743. The van der Waals surface area contributed by atoms with Crippen molar-refractivity contribution < 1.29 is 8.78 Å². The van der Waals surface area contributed by atoms with Crippen molar-refractivity contribution in [3.05, 3.63) is 42.5 Å². The summed E-state index contributed by atoms with van der Waals surface area (Å²) in [4.78, 5) is 6.37. The van der Waals surface area contributed by atoms with Crippen molar-refractivity contribution in [3.8, 4) is 0 Å². The lowest BCUT2D eigenvalue weighted by molar-refractivity contribution is 0.575. The number of nitrogens with one attached hydrogen (secondary N) is 2. The number of hydrogen-bond acceptors (Lipinski definition) is 4. The molecule has 7 nitrogen and oxygen atoms in total. The summed E-state index contributed by atoms with van der Waals surface area (Å²) in [6.07, 6.45) is 6.15. The average molecular weight is 391 g/mol. The first-order valence-corrected chi connectivity index (χ1v) is 9.73. The maximum absolute atomic E-state index is 14.0. The standard InChI is InChI=1S/C19H27F2N7/c1-2-22-19(23-9-3-4-10-27-13-24-25-14-27)26-15-8-11-28(12-15)18-16(20)6-5-7-17(18)21/h5-7,13-15H,2-4,8-12H2,1H3,(H2,22,23,26). The summed E-state index contributed by atoms with van der Waals surface area (Å²) in [5.41, 5.74) is 0.0581. The van der Waals surface area contributed by atoms with Gasteiger partial charge in [0.2, 0.25) is 0 Å². The number of aryl methyl sites for hydroxylation is 1. The minimum Gasteiger partial charge on any atom is -0.365 e. The van der Waals surface area contributed by atoms with Gasteiger partial charge < -0.3 is 20.1 Å². The molecule has 3 rings (SSSR count). The summed E-state index contributed by atoms with van der Waals surface area (Å²) in [6, 6.07) is 4.07. The summed E-state index contributed by atoms with van der Waals surface area (Å²) in [6.45, 7) is 5.49. The van der Waals surface area contributed by atoms with Gasteiger partial charge in [0.15, 0.2) is 5.96 Å². The van der Waals surface area contributed by atoms with E-state index < -0.39 is 11.6 Å². The fourth-order valence-corrected chi connectivity index (χ4v) is 3.32. The number of guanidine groups is 1. The van der Waals surface area contributed by atoms with Gasteiger partial charge in [-0.15, -0.1) is 10.2 Å². The Balaban J connectivity index is 1.48. The molecule has 9 heteroatoms. The van der Waals surface area contributed by atoms with Crippen molar-refractivity contribution in [1.82, 2.24) is 25.4 Å². The van der Waals surface area contributed by atoms with Crippen molar-refractivity contribution >= 4 is 11.6 Å². The molecule has 1 aliphatic heterocycles. The molecule has 1 fully saturated rings. The van der Waals surface area contributed by atoms with Crippen LogP contribution < -0.4 is 15.5 Å². The van der Waals surface area contributed by atoms with E-state index in [1.54, 1.807) is 17.6 Å². The number of aliphatic imine (C=N–C) groups is 1. The smallest absolute Gasteiger partial charge is 0.191 e. The van der Waals surface area contributed by atoms with E-state index >= 15 is 0 Å². The van der Waals surface area contributed by atoms with Crippen LogP contribution in [0.1, 0.15) is 26.2 Å². The van der Waals surface area contributed by atoms with Gasteiger partial charge in [0.05, 0.1) is 0 Å². The summed E-state index contributed by atoms with van der Waals surface area (Å²) in [7, 11) is 0. The number of nitrogens with zero attached hydrogens (tertiary/aromatic N) is 5. The predicted octanol–water partition coefficient (Wildman–Crippen LogP) is 2.17. The highest BCUT2D eigenvalue weighted by Gasteiger charge is 2.27. The number of para-hydroxylation sites is 1. The molecule has 0 saturated carbocycles. The van der Waals surface area contributed by atoms with Crippen LogP contribution in [0.15, 0.2) is 35.8 Å². The van der Waals surface area contributed by atoms with E-state index in [4.69, 9.17) is 0 Å². The molecular formula is C19H27F2N7. The lowest BCUT2D eigenvalue weighted by Crippen LogP contribution is -2.44. The average Bonchev–Trinajstić information content (AvgIpc) is 3.34. The van der Waals surface area contributed by atoms with Crippen LogP contribution in [0.25, 0.3) is 0 Å². The second kappa shape index (κ2) is 10.0. The van der Waals surface area contributed by atoms with Crippen molar-refractivity contribution in [2.45, 2.75) is 38.8 Å². The van der Waals surface area contributed by atoms with Crippen LogP contribution in [0.4, 0.5) is 14.5 Å². The van der Waals surface area contributed by atoms with Crippen LogP contribution in [0.2, 0.25) is 0 Å². The summed E-state index contributed by atoms with van der Waals surface area (Å²) >= 11 is 0. The van der Waals surface area contributed by atoms with Crippen LogP contribution in [0, 0.1) is 11.6 Å². The third-order valence-electron chi connectivity index (χ3n) is 4.69. The molecule has 0 spiro atoms. The van der Waals surface area contributed by atoms with E-state index in [2.05, 4.69) is 25.8 Å². The number of aromatic nitrogens is 3. The van der Waals surface area contributed by atoms with Crippen LogP contribution in [-0.4, -0.2) is 52.9 Å². The normalized spacial score (nSPS) is 17.2. The Kier molecular flexibility index (Phi) is 7.16. The Hall–Kier alpha value is -2.71. The van der Waals surface area contributed by atoms with Crippen molar-refractivity contribution in [2.24, 2.45) is 4.99 Å². The topological polar surface area (TPSA) is 70.4 Å². The Morgan fingerprint density at radius 1 is 1.21 bits per heavy atom. The first-order valence-electron chi connectivity index (χ1n) is 9.73. The van der Waals surface area contributed by atoms with Crippen molar-refractivity contribution in [3.63, 3.8) is 0 Å². The molecular weight excluding hydrogens is 364 g/mol. The van der Waals surface area contributed by atoms with Gasteiger partial charge >= 0.3 is 0 Å². The number of unbranched alkanes of at least 4 members (excludes halogenated alkanes) is 1. The van der Waals surface area contributed by atoms with Crippen LogP contribution in [0.5, 0.6) is 0 Å². The zero-order valence-electron chi connectivity index (χ0n) is 16.1. The van der Waals surface area contributed by atoms with Gasteiger partial charge in [-0.1, -0.05) is 6.07 Å². The molecule has 0 radical (unpaired) electrons. The summed E-state index contributed by atoms with van der Waals surface area (Å²) in [5.74, 6) is -0.295. The number of halogens is 2. The van der Waals surface area contributed by atoms with Gasteiger partial charge in [-0.2, -0.15) is 0 Å². The van der Waals surface area contributed by atoms with Crippen LogP contribution in [0.3, 0.4) is 0 Å². The first-order chi connectivity index (χ1) is 13.7. The zero-order valence-corrected chi connectivity index (χ0v) is 16.1. The van der Waals surface area contributed by atoms with E-state index in [0.717, 1.165) is 38.3 Å². The lowest BCUT2D eigenvalue weighted by Gasteiger charge is -2.21. The van der Waals surface area contributed by atoms with Crippen molar-refractivity contribution in [2.75, 3.05) is 31.1 Å². The number of hydrogen-bond donors (Lipinski definition) is 2. The molecule has 1 saturated heterocycles. The Morgan fingerprint density at radius 2 is 1.96 bits per heavy atom. The molecule has 2 aromatic rings. The second-order valence-corrected chi connectivity index (χ2v) is 6.81. The molecule has 0 bridgehead atoms. The summed E-state index contributed by atoms with van der Waals surface area (Å²) in [5, 5.41) is 14.2. The van der Waals surface area contributed by atoms with Crippen molar-refractivity contribution in [1.29, 1.82) is 0 Å². The first kappa shape index (κ1) is 20.0. The Labute approximate surface area is 163 Å². The lowest BCUT2D eigenvalue weighted by atomic mass is 10.2. The van der Waals surface area contributed by atoms with E-state index in [-0.39, 0.29) is 11.7 Å².